The van der Waals surface area contributed by atoms with Gasteiger partial charge in [-0.1, -0.05) is 43.0 Å². The zero-order valence-electron chi connectivity index (χ0n) is 14.8. The van der Waals surface area contributed by atoms with Gasteiger partial charge < -0.3 is 9.80 Å². The Bertz CT molecular complexity index is 596. The molecule has 0 bridgehead atoms. The van der Waals surface area contributed by atoms with E-state index in [-0.39, 0.29) is 11.8 Å². The highest BCUT2D eigenvalue weighted by atomic mass is 35.5. The topological polar surface area (TPSA) is 40.6 Å². The molecule has 1 saturated carbocycles. The third-order valence-electron chi connectivity index (χ3n) is 5.38. The van der Waals surface area contributed by atoms with Crippen LogP contribution in [0.4, 0.5) is 0 Å². The Morgan fingerprint density at radius 1 is 0.880 bits per heavy atom. The number of hydrogen-bond donors (Lipinski definition) is 0. The molecule has 2 fully saturated rings. The fourth-order valence-corrected chi connectivity index (χ4v) is 4.01. The van der Waals surface area contributed by atoms with Crippen LogP contribution in [0, 0.1) is 5.92 Å². The normalized spacial score (nSPS) is 19.6. The first-order chi connectivity index (χ1) is 12.1. The number of nitrogens with zero attached hydrogens (tertiary/aromatic N) is 2. The maximum atomic E-state index is 12.7. The van der Waals surface area contributed by atoms with Crippen LogP contribution in [0.2, 0.25) is 5.02 Å². The van der Waals surface area contributed by atoms with Crippen molar-refractivity contribution >= 4 is 23.4 Å². The smallest absolute Gasteiger partial charge is 0.227 e. The molecular weight excluding hydrogens is 336 g/mol. The van der Waals surface area contributed by atoms with Crippen LogP contribution in [0.1, 0.15) is 44.1 Å². The van der Waals surface area contributed by atoms with Crippen molar-refractivity contribution in [3.05, 3.63) is 34.9 Å². The zero-order chi connectivity index (χ0) is 17.6. The molecule has 0 radical (unpaired) electrons. The highest BCUT2D eigenvalue weighted by Gasteiger charge is 2.28. The second-order valence-electron chi connectivity index (χ2n) is 7.20. The summed E-state index contributed by atoms with van der Waals surface area (Å²) in [6.45, 7) is 2.83. The average Bonchev–Trinajstić information content (AvgIpc) is 2.90. The van der Waals surface area contributed by atoms with Gasteiger partial charge in [0.2, 0.25) is 11.8 Å². The summed E-state index contributed by atoms with van der Waals surface area (Å²) in [4.78, 5) is 29.2. The highest BCUT2D eigenvalue weighted by Crippen LogP contribution is 2.26. The van der Waals surface area contributed by atoms with Crippen LogP contribution in [0.3, 0.4) is 0 Å². The lowest BCUT2D eigenvalue weighted by Gasteiger charge is -2.28. The molecule has 0 atom stereocenters. The molecule has 1 aliphatic heterocycles. The SMILES string of the molecule is O=C(Cc1ccc(Cl)cc1)N1CCCN(C(=O)C2CCCCC2)CC1. The summed E-state index contributed by atoms with van der Waals surface area (Å²) >= 11 is 5.90. The summed E-state index contributed by atoms with van der Waals surface area (Å²) < 4.78 is 0. The van der Waals surface area contributed by atoms with Crippen molar-refractivity contribution in [2.45, 2.75) is 44.9 Å². The fraction of sp³-hybridized carbons (Fsp3) is 0.600. The molecule has 0 N–H and O–H groups in total. The Morgan fingerprint density at radius 2 is 1.52 bits per heavy atom. The number of rotatable bonds is 3. The summed E-state index contributed by atoms with van der Waals surface area (Å²) in [6.07, 6.45) is 6.95. The first-order valence-electron chi connectivity index (χ1n) is 9.44. The molecule has 25 heavy (non-hydrogen) atoms. The summed E-state index contributed by atoms with van der Waals surface area (Å²) in [5, 5.41) is 0.683. The molecule has 2 aliphatic rings. The van der Waals surface area contributed by atoms with Gasteiger partial charge in [-0.15, -0.1) is 0 Å². The standard InChI is InChI=1S/C20H27ClN2O2/c21-18-9-7-16(8-10-18)15-19(24)22-11-4-12-23(14-13-22)20(25)17-5-2-1-3-6-17/h7-10,17H,1-6,11-15H2. The molecule has 0 spiro atoms. The van der Waals surface area contributed by atoms with Gasteiger partial charge in [-0.3, -0.25) is 9.59 Å². The van der Waals surface area contributed by atoms with E-state index in [2.05, 4.69) is 0 Å². The first-order valence-corrected chi connectivity index (χ1v) is 9.82. The Kier molecular flexibility index (Phi) is 6.35. The maximum Gasteiger partial charge on any atom is 0.227 e. The number of benzene rings is 1. The van der Waals surface area contributed by atoms with E-state index in [4.69, 9.17) is 11.6 Å². The van der Waals surface area contributed by atoms with Crippen molar-refractivity contribution in [2.24, 2.45) is 5.92 Å². The number of carbonyl (C=O) groups excluding carboxylic acids is 2. The minimum atomic E-state index is 0.134. The van der Waals surface area contributed by atoms with E-state index in [0.717, 1.165) is 37.9 Å². The second kappa shape index (κ2) is 8.70. The van der Waals surface area contributed by atoms with Gasteiger partial charge in [0.1, 0.15) is 0 Å². The van der Waals surface area contributed by atoms with Gasteiger partial charge in [-0.25, -0.2) is 0 Å². The summed E-state index contributed by atoms with van der Waals surface area (Å²) in [6, 6.07) is 7.43. The van der Waals surface area contributed by atoms with Gasteiger partial charge in [0.15, 0.2) is 0 Å². The molecule has 1 aromatic rings. The van der Waals surface area contributed by atoms with E-state index in [0.29, 0.717) is 30.4 Å². The van der Waals surface area contributed by atoms with E-state index in [1.165, 1.54) is 19.3 Å². The van der Waals surface area contributed by atoms with Crippen LogP contribution in [0.25, 0.3) is 0 Å². The lowest BCUT2D eigenvalue weighted by atomic mass is 9.88. The molecule has 0 unspecified atom stereocenters. The second-order valence-corrected chi connectivity index (χ2v) is 7.63. The molecule has 4 nitrogen and oxygen atoms in total. The van der Waals surface area contributed by atoms with Crippen molar-refractivity contribution in [2.75, 3.05) is 26.2 Å². The van der Waals surface area contributed by atoms with Gasteiger partial charge >= 0.3 is 0 Å². The summed E-state index contributed by atoms with van der Waals surface area (Å²) in [5.74, 6) is 0.658. The van der Waals surface area contributed by atoms with E-state index in [9.17, 15) is 9.59 Å². The van der Waals surface area contributed by atoms with Gasteiger partial charge in [0.05, 0.1) is 6.42 Å². The largest absolute Gasteiger partial charge is 0.341 e. The molecular formula is C20H27ClN2O2. The maximum absolute atomic E-state index is 12.7. The van der Waals surface area contributed by atoms with Crippen molar-refractivity contribution in [3.8, 4) is 0 Å². The highest BCUT2D eigenvalue weighted by molar-refractivity contribution is 6.30. The van der Waals surface area contributed by atoms with Gasteiger partial charge in [-0.05, 0) is 37.0 Å². The summed E-state index contributed by atoms with van der Waals surface area (Å²) in [5.41, 5.74) is 0.980. The Balaban J connectivity index is 1.52. The van der Waals surface area contributed by atoms with Crippen LogP contribution in [0.5, 0.6) is 0 Å². The van der Waals surface area contributed by atoms with Crippen LogP contribution < -0.4 is 0 Å². The van der Waals surface area contributed by atoms with Crippen molar-refractivity contribution in [3.63, 3.8) is 0 Å². The van der Waals surface area contributed by atoms with Crippen LogP contribution in [0.15, 0.2) is 24.3 Å². The van der Waals surface area contributed by atoms with Crippen molar-refractivity contribution in [1.29, 1.82) is 0 Å². The Hall–Kier alpha value is -1.55. The molecule has 2 amide bonds. The van der Waals surface area contributed by atoms with Crippen molar-refractivity contribution in [1.82, 2.24) is 9.80 Å². The minimum Gasteiger partial charge on any atom is -0.341 e. The van der Waals surface area contributed by atoms with E-state index in [1.54, 1.807) is 0 Å². The van der Waals surface area contributed by atoms with Crippen LogP contribution in [-0.4, -0.2) is 47.8 Å². The Morgan fingerprint density at radius 3 is 2.24 bits per heavy atom. The monoisotopic (exact) mass is 362 g/mol. The number of halogens is 1. The molecule has 1 aromatic carbocycles. The van der Waals surface area contributed by atoms with Crippen LogP contribution in [-0.2, 0) is 16.0 Å². The quantitative estimate of drug-likeness (QED) is 0.825. The molecule has 5 heteroatoms. The molecule has 136 valence electrons. The lowest BCUT2D eigenvalue weighted by Crippen LogP contribution is -2.40. The zero-order valence-corrected chi connectivity index (χ0v) is 15.5. The molecule has 3 rings (SSSR count). The van der Waals surface area contributed by atoms with Crippen molar-refractivity contribution < 1.29 is 9.59 Å². The molecule has 1 heterocycles. The first kappa shape index (κ1) is 18.2. The van der Waals surface area contributed by atoms with E-state index in [1.807, 2.05) is 34.1 Å². The summed E-state index contributed by atoms with van der Waals surface area (Å²) in [7, 11) is 0. The van der Waals surface area contributed by atoms with Gasteiger partial charge in [-0.2, -0.15) is 0 Å². The van der Waals surface area contributed by atoms with Gasteiger partial charge in [0, 0.05) is 37.1 Å². The number of amides is 2. The fourth-order valence-electron chi connectivity index (χ4n) is 3.88. The predicted octanol–water partition coefficient (Wildman–Crippen LogP) is 3.52. The van der Waals surface area contributed by atoms with E-state index < -0.39 is 0 Å². The molecule has 0 aromatic heterocycles. The minimum absolute atomic E-state index is 0.134. The van der Waals surface area contributed by atoms with E-state index >= 15 is 0 Å². The van der Waals surface area contributed by atoms with Crippen LogP contribution >= 0.6 is 11.6 Å². The average molecular weight is 363 g/mol. The molecule has 1 aliphatic carbocycles. The lowest BCUT2D eigenvalue weighted by molar-refractivity contribution is -0.137. The predicted molar refractivity (Wildman–Crippen MR) is 99.5 cm³/mol. The van der Waals surface area contributed by atoms with Gasteiger partial charge in [0.25, 0.3) is 0 Å². The number of carbonyl (C=O) groups is 2. The molecule has 1 saturated heterocycles. The third kappa shape index (κ3) is 4.97. The number of hydrogen-bond acceptors (Lipinski definition) is 2. The Labute approximate surface area is 155 Å². The third-order valence-corrected chi connectivity index (χ3v) is 5.64.